The van der Waals surface area contributed by atoms with Crippen molar-refractivity contribution in [3.63, 3.8) is 0 Å². The van der Waals surface area contributed by atoms with Crippen molar-refractivity contribution in [3.8, 4) is 0 Å². The Morgan fingerprint density at radius 1 is 1.02 bits per heavy atom. The molecule has 2 aliphatic rings. The van der Waals surface area contributed by atoms with Gasteiger partial charge in [0.1, 0.15) is 11.6 Å². The maximum Gasteiger partial charge on any atom is 0.411 e. The van der Waals surface area contributed by atoms with Gasteiger partial charge in [0, 0.05) is 29.7 Å². The van der Waals surface area contributed by atoms with Gasteiger partial charge < -0.3 is 10.1 Å². The van der Waals surface area contributed by atoms with Gasteiger partial charge >= 0.3 is 6.09 Å². The Morgan fingerprint density at radius 3 is 2.19 bits per heavy atom. The van der Waals surface area contributed by atoms with Gasteiger partial charge in [-0.15, -0.1) is 0 Å². The fourth-order valence-corrected chi connectivity index (χ4v) is 5.46. The lowest BCUT2D eigenvalue weighted by Crippen LogP contribution is -2.73. The molecule has 228 valence electrons. The zero-order valence-electron chi connectivity index (χ0n) is 25.3. The first-order valence-corrected chi connectivity index (χ1v) is 14.6. The van der Waals surface area contributed by atoms with E-state index in [0.29, 0.717) is 5.56 Å². The number of aromatic nitrogens is 1. The minimum absolute atomic E-state index is 0.0888. The summed E-state index contributed by atoms with van der Waals surface area (Å²) in [5.74, 6) is -5.08. The van der Waals surface area contributed by atoms with E-state index in [1.165, 1.54) is 12.4 Å². The third-order valence-electron chi connectivity index (χ3n) is 7.66. The molecular formula is C32H42F2N4O4. The van der Waals surface area contributed by atoms with Crippen LogP contribution in [0.1, 0.15) is 90.8 Å². The van der Waals surface area contributed by atoms with E-state index in [1.54, 1.807) is 45.0 Å². The summed E-state index contributed by atoms with van der Waals surface area (Å²) in [6.07, 6.45) is 6.60. The quantitative estimate of drug-likeness (QED) is 0.439. The highest BCUT2D eigenvalue weighted by atomic mass is 19.3. The second kappa shape index (κ2) is 12.0. The average molecular weight is 585 g/mol. The van der Waals surface area contributed by atoms with Gasteiger partial charge in [-0.1, -0.05) is 58.2 Å². The molecule has 2 atom stereocenters. The van der Waals surface area contributed by atoms with Gasteiger partial charge in [0.05, 0.1) is 6.54 Å². The number of carbonyl (C=O) groups is 3. The number of carbonyl (C=O) groups excluding carboxylic acids is 3. The second-order valence-electron chi connectivity index (χ2n) is 13.3. The van der Waals surface area contributed by atoms with Gasteiger partial charge in [-0.25, -0.2) is 13.6 Å². The summed E-state index contributed by atoms with van der Waals surface area (Å²) in [6.45, 7) is 10.0. The number of ether oxygens (including phenoxy) is 1. The number of benzene rings is 1. The van der Waals surface area contributed by atoms with Crippen molar-refractivity contribution in [1.82, 2.24) is 15.2 Å². The third-order valence-corrected chi connectivity index (χ3v) is 7.66. The van der Waals surface area contributed by atoms with E-state index in [2.05, 4.69) is 10.3 Å². The Morgan fingerprint density at radius 2 is 1.67 bits per heavy atom. The van der Waals surface area contributed by atoms with Crippen molar-refractivity contribution in [2.75, 3.05) is 11.4 Å². The Labute approximate surface area is 246 Å². The van der Waals surface area contributed by atoms with Crippen LogP contribution >= 0.6 is 0 Å². The minimum atomic E-state index is -3.52. The number of nitrogens with one attached hydrogen (secondary N) is 1. The molecule has 1 aliphatic heterocycles. The van der Waals surface area contributed by atoms with Gasteiger partial charge in [-0.2, -0.15) is 0 Å². The molecule has 8 nitrogen and oxygen atoms in total. The molecule has 2 aromatic rings. The molecule has 10 heteroatoms. The van der Waals surface area contributed by atoms with E-state index in [1.807, 2.05) is 32.9 Å². The summed E-state index contributed by atoms with van der Waals surface area (Å²) < 4.78 is 35.8. The molecule has 2 heterocycles. The van der Waals surface area contributed by atoms with Crippen LogP contribution in [0.4, 0.5) is 19.3 Å². The van der Waals surface area contributed by atoms with E-state index >= 15 is 8.78 Å². The molecule has 1 N–H and O–H groups in total. The number of likely N-dealkylation sites (tertiary alicyclic amines) is 1. The molecule has 1 aromatic heterocycles. The summed E-state index contributed by atoms with van der Waals surface area (Å²) in [4.78, 5) is 47.2. The SMILES string of the molecule is CC(C)(C)OC(=O)N1CC(F)(F)C1C(=O)N(c1ccc(C(C)(C)C)cc1)C(C(=O)NC1CCCCC1)c1cccnc1. The smallest absolute Gasteiger partial charge is 0.411 e. The number of alkyl halides is 2. The van der Waals surface area contributed by atoms with Crippen LogP contribution in [0, 0.1) is 0 Å². The summed E-state index contributed by atoms with van der Waals surface area (Å²) >= 11 is 0. The van der Waals surface area contributed by atoms with Gasteiger partial charge in [0.2, 0.25) is 5.91 Å². The Bertz CT molecular complexity index is 1270. The zero-order chi connectivity index (χ0) is 30.9. The first kappa shape index (κ1) is 31.4. The Kier molecular flexibility index (Phi) is 8.94. The highest BCUT2D eigenvalue weighted by molar-refractivity contribution is 6.05. The molecule has 2 fully saturated rings. The number of halogens is 2. The van der Waals surface area contributed by atoms with Gasteiger partial charge in [0.15, 0.2) is 6.04 Å². The topological polar surface area (TPSA) is 91.8 Å². The number of hydrogen-bond acceptors (Lipinski definition) is 5. The number of nitrogens with zero attached hydrogens (tertiary/aromatic N) is 3. The predicted molar refractivity (Wildman–Crippen MR) is 156 cm³/mol. The van der Waals surface area contributed by atoms with Crippen LogP contribution in [0.15, 0.2) is 48.8 Å². The fourth-order valence-electron chi connectivity index (χ4n) is 5.46. The van der Waals surface area contributed by atoms with E-state index < -0.39 is 48.1 Å². The number of pyridine rings is 1. The lowest BCUT2D eigenvalue weighted by molar-refractivity contribution is -0.183. The molecular weight excluding hydrogens is 542 g/mol. The maximum atomic E-state index is 15.2. The van der Waals surface area contributed by atoms with E-state index in [0.717, 1.165) is 47.5 Å². The molecule has 42 heavy (non-hydrogen) atoms. The molecule has 0 spiro atoms. The fraction of sp³-hybridized carbons (Fsp3) is 0.562. The van der Waals surface area contributed by atoms with Crippen molar-refractivity contribution in [2.45, 2.75) is 109 Å². The second-order valence-corrected chi connectivity index (χ2v) is 13.3. The number of anilines is 1. The van der Waals surface area contributed by atoms with Crippen LogP contribution in [-0.2, 0) is 19.7 Å². The molecule has 1 aliphatic carbocycles. The van der Waals surface area contributed by atoms with Crippen LogP contribution in [0.2, 0.25) is 0 Å². The number of rotatable bonds is 6. The van der Waals surface area contributed by atoms with Crippen molar-refractivity contribution in [3.05, 3.63) is 59.9 Å². The van der Waals surface area contributed by atoms with Crippen molar-refractivity contribution >= 4 is 23.6 Å². The molecule has 0 radical (unpaired) electrons. The van der Waals surface area contributed by atoms with E-state index in [9.17, 15) is 14.4 Å². The van der Waals surface area contributed by atoms with Gasteiger partial charge in [-0.3, -0.25) is 24.4 Å². The van der Waals surface area contributed by atoms with Crippen molar-refractivity contribution in [1.29, 1.82) is 0 Å². The van der Waals surface area contributed by atoms with Crippen LogP contribution in [0.25, 0.3) is 0 Å². The van der Waals surface area contributed by atoms with Crippen LogP contribution in [-0.4, -0.2) is 57.9 Å². The van der Waals surface area contributed by atoms with Crippen LogP contribution < -0.4 is 10.2 Å². The molecule has 4 rings (SSSR count). The Balaban J connectivity index is 1.80. The van der Waals surface area contributed by atoms with Crippen molar-refractivity contribution in [2.24, 2.45) is 0 Å². The lowest BCUT2D eigenvalue weighted by Gasteiger charge is -2.48. The third kappa shape index (κ3) is 7.07. The summed E-state index contributed by atoms with van der Waals surface area (Å²) in [7, 11) is 0. The molecule has 3 amide bonds. The number of hydrogen-bond donors (Lipinski definition) is 1. The van der Waals surface area contributed by atoms with Crippen LogP contribution in [0.5, 0.6) is 0 Å². The molecule has 2 unspecified atom stereocenters. The summed E-state index contributed by atoms with van der Waals surface area (Å²) in [6, 6.07) is 6.70. The summed E-state index contributed by atoms with van der Waals surface area (Å²) in [5.41, 5.74) is 0.435. The number of amides is 3. The van der Waals surface area contributed by atoms with E-state index in [-0.39, 0.29) is 17.1 Å². The molecule has 1 saturated heterocycles. The zero-order valence-corrected chi connectivity index (χ0v) is 25.3. The normalized spacial score (nSPS) is 19.8. The van der Waals surface area contributed by atoms with E-state index in [4.69, 9.17) is 4.74 Å². The Hall–Kier alpha value is -3.56. The highest BCUT2D eigenvalue weighted by Gasteiger charge is 2.63. The van der Waals surface area contributed by atoms with Crippen molar-refractivity contribution < 1.29 is 27.9 Å². The molecule has 1 aromatic carbocycles. The lowest BCUT2D eigenvalue weighted by atomic mass is 9.87. The standard InChI is InChI=1S/C32H42F2N4O4/c1-30(2,3)22-14-16-24(17-15-22)38(28(40)26-32(33,34)20-37(26)29(41)42-31(4,5)6)25(21-11-10-18-35-19-21)27(39)36-23-12-8-7-9-13-23/h10-11,14-19,23,25-26H,7-9,12-13,20H2,1-6H3,(H,36,39). The predicted octanol–water partition coefficient (Wildman–Crippen LogP) is 6.16. The minimum Gasteiger partial charge on any atom is -0.444 e. The first-order chi connectivity index (χ1) is 19.6. The van der Waals surface area contributed by atoms with Gasteiger partial charge in [0.25, 0.3) is 11.8 Å². The van der Waals surface area contributed by atoms with Gasteiger partial charge in [-0.05, 0) is 62.8 Å². The largest absolute Gasteiger partial charge is 0.444 e. The monoisotopic (exact) mass is 584 g/mol. The van der Waals surface area contributed by atoms with Crippen LogP contribution in [0.3, 0.4) is 0 Å². The highest BCUT2D eigenvalue weighted by Crippen LogP contribution is 2.40. The summed E-state index contributed by atoms with van der Waals surface area (Å²) in [5, 5.41) is 3.07. The first-order valence-electron chi connectivity index (χ1n) is 14.6. The average Bonchev–Trinajstić information content (AvgIpc) is 2.90. The molecule has 0 bridgehead atoms. The molecule has 1 saturated carbocycles. The maximum absolute atomic E-state index is 15.2.